The second-order valence-corrected chi connectivity index (χ2v) is 32.7. The van der Waals surface area contributed by atoms with Crippen molar-refractivity contribution in [2.24, 2.45) is 72.7 Å². The molecule has 1 aliphatic rings. The van der Waals surface area contributed by atoms with Crippen LogP contribution in [-0.4, -0.2) is 271 Å². The maximum atomic E-state index is 14.7. The molecule has 0 fully saturated rings. The molecule has 1 heterocycles. The van der Waals surface area contributed by atoms with Crippen molar-refractivity contribution < 1.29 is 220 Å². The first-order chi connectivity index (χ1) is 49.4. The average molecular weight is 1690 g/mol. The minimum atomic E-state index is -5.09. The van der Waals surface area contributed by atoms with Gasteiger partial charge in [-0.25, -0.2) is 42.1 Å². The SMILES string of the molecule is CCC(C)CCCCC([O-])=NC(CCNCS(=O)(=O)[O-])C([O-])=NC(C([O-])=NC(CCNCS(=O)(=O)[O-])C([O-])=NC1CCN=C([O-])C(C(C)[O-])N=C([O-])C(CCNCS(=O)(=O)[O-])N=C([O-])C(CCNCS(=O)(=O)[O-])N=C([O-])C(CC(C)C)N=C([O-])C(CC(C)C)N=C([O-])C(CCNCS(=O)(=O)[O-])N=C1[O-])C(C)[O-].[Na+].[Na+].[Na+]. The average Bonchev–Trinajstić information content (AvgIpc) is 0.950. The van der Waals surface area contributed by atoms with Crippen LogP contribution in [0.15, 0.2) is 54.9 Å². The van der Waals surface area contributed by atoms with E-state index in [1.54, 1.807) is 0 Å². The van der Waals surface area contributed by atoms with Crippen LogP contribution in [0, 0.1) is 17.8 Å². The first kappa shape index (κ1) is 111. The Morgan fingerprint density at radius 1 is 0.445 bits per heavy atom. The molecular weight excluding hydrogens is 1600 g/mol. The molecule has 0 aliphatic carbocycles. The Bertz CT molecular complexity index is 3730. The van der Waals surface area contributed by atoms with Gasteiger partial charge in [-0.1, -0.05) is 74.7 Å². The summed E-state index contributed by atoms with van der Waals surface area (Å²) in [6.07, 6.45) is -7.99. The predicted molar refractivity (Wildman–Crippen MR) is 361 cm³/mol. The molecule has 5 N–H and O–H groups in total. The molecule has 0 spiro atoms. The number of hydrogen-bond donors (Lipinski definition) is 5. The molecule has 0 aromatic rings. The van der Waals surface area contributed by atoms with Crippen molar-refractivity contribution in [3.05, 3.63) is 0 Å². The van der Waals surface area contributed by atoms with Gasteiger partial charge in [0.15, 0.2) is 0 Å². The van der Waals surface area contributed by atoms with Gasteiger partial charge in [-0.15, -0.1) is 12.2 Å². The summed E-state index contributed by atoms with van der Waals surface area (Å²) in [5, 5.41) is 193. The van der Waals surface area contributed by atoms with Crippen LogP contribution >= 0.6 is 0 Å². The monoisotopic (exact) mass is 1690 g/mol. The minimum absolute atomic E-state index is 0. The van der Waals surface area contributed by atoms with Crippen LogP contribution in [0.5, 0.6) is 0 Å². The van der Waals surface area contributed by atoms with Crippen molar-refractivity contribution in [2.75, 3.05) is 68.7 Å². The molecule has 1 rings (SSSR count). The summed E-state index contributed by atoms with van der Waals surface area (Å²) >= 11 is 0. The van der Waals surface area contributed by atoms with Crippen molar-refractivity contribution in [3.63, 3.8) is 0 Å². The quantitative estimate of drug-likeness (QED) is 0.0124. The number of unbranched alkanes of at least 4 members (excludes halogenated alkanes) is 1. The molecule has 0 radical (unpaired) electrons. The number of nitrogens with one attached hydrogen (secondary N) is 5. The van der Waals surface area contributed by atoms with Crippen molar-refractivity contribution >= 4 is 115 Å². The fraction of sp³-hybridized carbons (Fsp3) is 0.810. The zero-order valence-electron chi connectivity index (χ0n) is 63.0. The van der Waals surface area contributed by atoms with Crippen LogP contribution < -0.4 is 182 Å². The summed E-state index contributed by atoms with van der Waals surface area (Å²) in [7, 11) is -25.0. The molecule has 52 heteroatoms. The van der Waals surface area contributed by atoms with Gasteiger partial charge in [0.05, 0.1) is 89.8 Å². The van der Waals surface area contributed by atoms with Gasteiger partial charge >= 0.3 is 88.7 Å². The molecule has 0 aromatic carbocycles. The second kappa shape index (κ2) is 55.1. The Kier molecular flexibility index (Phi) is 55.4. The molecule has 0 saturated heterocycles. The van der Waals surface area contributed by atoms with Crippen LogP contribution in [-0.2, 0) is 50.6 Å². The maximum Gasteiger partial charge on any atom is 1.00 e. The summed E-state index contributed by atoms with van der Waals surface area (Å²) in [5.74, 6) is -23.5. The van der Waals surface area contributed by atoms with E-state index >= 15 is 0 Å². The molecule has 110 heavy (non-hydrogen) atoms. The standard InChI is InChI=1S/C58H108N16O28S5.3Na/c1-9-35(6)12-10-11-13-46(77)65-38(14-20-59-28-103(88,89)90)53(82)74-48(37(8)76)58(87)70-41(17-23-62-31-106(97,98)99)50(79)68-43-19-25-64-57(86)47(36(7)75)73-54(83)42(18-24-63-32-107(100,101)102)67-49(78)39(15-21-60-29-104(91,92)93)69-55(84)44(26-33(2)3)72-56(85)45(27-34(4)5)71-52(81)40(66-51(43)80)16-22-61-30-105(94,95)96;;;/h33-45,47-48,59-63H,9-32H2,1-8H3,(H,64,86)(H,65,77)(H,66,80)(H,67,78)(H,68,79)(H,69,84)(H,70,87)(H,71,81)(H,72,85)(H,73,83)(H,74,82)(H,88,89,90)(H,91,92,93)(H,94,95,96)(H,97,98,99)(H,100,101,102);;;/q-2;3*+1/p-16. The molecule has 0 saturated carbocycles. The van der Waals surface area contributed by atoms with E-state index in [2.05, 4.69) is 81.5 Å². The van der Waals surface area contributed by atoms with Gasteiger partial charge in [-0.3, -0.25) is 49.9 Å². The Hall–Kier alpha value is -3.56. The van der Waals surface area contributed by atoms with Gasteiger partial charge in [0.1, 0.15) is 50.6 Å². The fourth-order valence-corrected chi connectivity index (χ4v) is 11.4. The van der Waals surface area contributed by atoms with Gasteiger partial charge in [0, 0.05) is 6.54 Å². The third kappa shape index (κ3) is 51.4. The predicted octanol–water partition coefficient (Wildman–Crippen LogP) is -24.0. The van der Waals surface area contributed by atoms with E-state index in [4.69, 9.17) is 0 Å². The van der Waals surface area contributed by atoms with Gasteiger partial charge in [0.25, 0.3) is 0 Å². The Morgan fingerprint density at radius 3 is 1.16 bits per heavy atom. The topological polar surface area (TPSA) is 782 Å². The van der Waals surface area contributed by atoms with Crippen molar-refractivity contribution in [1.29, 1.82) is 0 Å². The van der Waals surface area contributed by atoms with E-state index in [9.17, 15) is 131 Å². The molecule has 13 unspecified atom stereocenters. The molecule has 13 atom stereocenters. The number of aliphatic imine (C=N–C) groups is 11. The minimum Gasteiger partial charge on any atom is -0.862 e. The first-order valence-corrected chi connectivity index (χ1v) is 41.5. The fourth-order valence-electron chi connectivity index (χ4n) is 9.39. The van der Waals surface area contributed by atoms with Gasteiger partial charge in [0.2, 0.25) is 0 Å². The van der Waals surface area contributed by atoms with E-state index in [1.165, 1.54) is 27.7 Å². The molecule has 0 aromatic heterocycles. The van der Waals surface area contributed by atoms with E-state index in [0.29, 0.717) is 18.8 Å². The van der Waals surface area contributed by atoms with Crippen molar-refractivity contribution in [3.8, 4) is 0 Å². The molecule has 0 bridgehead atoms. The summed E-state index contributed by atoms with van der Waals surface area (Å²) in [4.78, 5) is 41.8. The molecular formula is C58H92N16Na3O28S5-15. The van der Waals surface area contributed by atoms with Gasteiger partial charge in [-0.2, -0.15) is 0 Å². The maximum absolute atomic E-state index is 14.7. The summed E-state index contributed by atoms with van der Waals surface area (Å²) in [5.41, 5.74) is 0. The van der Waals surface area contributed by atoms with Crippen molar-refractivity contribution in [1.82, 2.24) is 26.6 Å². The first-order valence-electron chi connectivity index (χ1n) is 33.6. The second-order valence-electron chi connectivity index (χ2n) is 25.6. The Morgan fingerprint density at radius 2 is 0.800 bits per heavy atom. The van der Waals surface area contributed by atoms with E-state index in [1.807, 2.05) is 13.8 Å². The zero-order chi connectivity index (χ0) is 81.8. The van der Waals surface area contributed by atoms with E-state index in [0.717, 1.165) is 26.7 Å². The van der Waals surface area contributed by atoms with E-state index < -0.39 is 314 Å². The molecule has 0 amide bonds. The third-order valence-corrected chi connectivity index (χ3v) is 17.7. The van der Waals surface area contributed by atoms with Crippen LogP contribution in [0.4, 0.5) is 0 Å². The number of rotatable bonds is 44. The normalized spacial score (nSPS) is 21.9. The zero-order valence-corrected chi connectivity index (χ0v) is 73.1. The van der Waals surface area contributed by atoms with Gasteiger partial charge in [-0.05, 0) is 180 Å². The van der Waals surface area contributed by atoms with Crippen LogP contribution in [0.3, 0.4) is 0 Å². The third-order valence-electron chi connectivity index (χ3n) is 15.0. The Labute approximate surface area is 708 Å². The van der Waals surface area contributed by atoms with Crippen molar-refractivity contribution in [2.45, 2.75) is 211 Å². The summed E-state index contributed by atoms with van der Waals surface area (Å²) in [6.45, 7) is 7.29. The number of nitrogens with zero attached hydrogens (tertiary/aromatic N) is 11. The van der Waals surface area contributed by atoms with Gasteiger partial charge < -0.3 is 121 Å². The smallest absolute Gasteiger partial charge is 0.862 e. The number of hydrogen-bond acceptors (Lipinski definition) is 44. The summed E-state index contributed by atoms with van der Waals surface area (Å²) in [6, 6.07) is -21.7. The summed E-state index contributed by atoms with van der Waals surface area (Å²) < 4.78 is 172. The molecule has 1 aliphatic heterocycles. The van der Waals surface area contributed by atoms with Crippen LogP contribution in [0.2, 0.25) is 0 Å². The Balaban J connectivity index is -0.0000382. The van der Waals surface area contributed by atoms with Crippen LogP contribution in [0.1, 0.15) is 139 Å². The molecule has 620 valence electrons. The largest absolute Gasteiger partial charge is 1.00 e. The molecule has 44 nitrogen and oxygen atoms in total. The van der Waals surface area contributed by atoms with Crippen LogP contribution in [0.25, 0.3) is 0 Å². The van der Waals surface area contributed by atoms with E-state index in [-0.39, 0.29) is 102 Å².